The average molecular weight is 791 g/mol. The minimum Gasteiger partial charge on any atom is -0.464 e. The van der Waals surface area contributed by atoms with Crippen molar-refractivity contribution in [2.75, 3.05) is 52.5 Å². The molecule has 1 N–H and O–H groups in total. The van der Waals surface area contributed by atoms with E-state index in [1.165, 1.54) is 148 Å². The van der Waals surface area contributed by atoms with Crippen molar-refractivity contribution in [3.63, 3.8) is 0 Å². The number of likely N-dealkylation sites (tertiary alicyclic amines) is 2. The van der Waals surface area contributed by atoms with E-state index in [-0.39, 0.29) is 29.8 Å². The van der Waals surface area contributed by atoms with E-state index in [4.69, 9.17) is 14.6 Å². The Morgan fingerprint density at radius 2 is 0.857 bits per heavy atom. The Bertz CT molecular complexity index is 879. The second-order valence-electron chi connectivity index (χ2n) is 18.3. The summed E-state index contributed by atoms with van der Waals surface area (Å²) in [6, 6.07) is -0.0866. The van der Waals surface area contributed by atoms with Crippen LogP contribution in [0.15, 0.2) is 0 Å². The van der Waals surface area contributed by atoms with Crippen LogP contribution in [0.25, 0.3) is 0 Å². The molecule has 2 atom stereocenters. The van der Waals surface area contributed by atoms with Gasteiger partial charge in [0.1, 0.15) is 13.2 Å². The molecule has 7 nitrogen and oxygen atoms in total. The van der Waals surface area contributed by atoms with E-state index in [0.29, 0.717) is 25.2 Å². The lowest BCUT2D eigenvalue weighted by molar-refractivity contribution is -0.156. The lowest BCUT2D eigenvalue weighted by Crippen LogP contribution is -2.52. The van der Waals surface area contributed by atoms with Gasteiger partial charge < -0.3 is 19.5 Å². The molecule has 0 aromatic carbocycles. The highest BCUT2D eigenvalue weighted by atomic mass is 16.5. The molecule has 2 rings (SSSR count). The third kappa shape index (κ3) is 22.8. The monoisotopic (exact) mass is 791 g/mol. The number of rotatable bonds is 36. The standard InChI is InChI=1S/C49H94N2O5/c1-5-9-13-17-19-24-30-44(28-22-15-11-7-3)47(53)55-42-46(43-56-48(54)45(29-23-16-12-8-4)31-25-20-18-14-10-6-2)51-39-34-49(35-40-51)32-37-50(38-33-49)36-26-21-27-41-52/h44-46,52H,5-43H2,1-4H3. The van der Waals surface area contributed by atoms with Gasteiger partial charge in [-0.25, -0.2) is 0 Å². The van der Waals surface area contributed by atoms with Crippen LogP contribution in [0.3, 0.4) is 0 Å². The molecule has 0 aromatic heterocycles. The van der Waals surface area contributed by atoms with Gasteiger partial charge in [0, 0.05) is 6.61 Å². The number of hydrogen-bond donors (Lipinski definition) is 1. The number of aliphatic hydroxyl groups excluding tert-OH is 1. The number of piperidine rings is 2. The summed E-state index contributed by atoms with van der Waals surface area (Å²) < 4.78 is 12.6. The van der Waals surface area contributed by atoms with Crippen LogP contribution in [0.4, 0.5) is 0 Å². The Kier molecular flexibility index (Phi) is 30.6. The second kappa shape index (κ2) is 33.6. The first-order chi connectivity index (χ1) is 27.4. The van der Waals surface area contributed by atoms with Crippen molar-refractivity contribution in [2.45, 2.75) is 233 Å². The third-order valence-electron chi connectivity index (χ3n) is 13.6. The minimum atomic E-state index is -0.0866. The van der Waals surface area contributed by atoms with E-state index in [9.17, 15) is 9.59 Å². The predicted octanol–water partition coefficient (Wildman–Crippen LogP) is 12.5. The lowest BCUT2D eigenvalue weighted by Gasteiger charge is -2.48. The summed E-state index contributed by atoms with van der Waals surface area (Å²) in [5.74, 6) is -0.0970. The molecule has 1 spiro atoms. The molecule has 0 saturated carbocycles. The van der Waals surface area contributed by atoms with Crippen molar-refractivity contribution >= 4 is 11.9 Å². The molecule has 0 aromatic rings. The van der Waals surface area contributed by atoms with Gasteiger partial charge in [-0.05, 0) is 109 Å². The summed E-state index contributed by atoms with van der Waals surface area (Å²) in [7, 11) is 0. The SMILES string of the molecule is CCCCCCCCC(CCCCCC)C(=O)OCC(COC(=O)C(CCCCCC)CCCCCCCC)N1CCC2(CCN(CCCCCO)CC2)CC1. The van der Waals surface area contributed by atoms with Crippen LogP contribution < -0.4 is 0 Å². The van der Waals surface area contributed by atoms with Crippen molar-refractivity contribution in [3.8, 4) is 0 Å². The van der Waals surface area contributed by atoms with E-state index in [1.54, 1.807) is 0 Å². The molecular weight excluding hydrogens is 697 g/mol. The highest BCUT2D eigenvalue weighted by molar-refractivity contribution is 5.73. The van der Waals surface area contributed by atoms with E-state index < -0.39 is 0 Å². The number of unbranched alkanes of at least 4 members (excludes halogenated alkanes) is 18. The first kappa shape index (κ1) is 51.0. The van der Waals surface area contributed by atoms with Gasteiger partial charge in [0.25, 0.3) is 0 Å². The molecule has 7 heteroatoms. The Hall–Kier alpha value is -1.18. The number of ether oxygens (including phenoxy) is 2. The predicted molar refractivity (Wildman–Crippen MR) is 236 cm³/mol. The molecular formula is C49H94N2O5. The Morgan fingerprint density at radius 3 is 1.27 bits per heavy atom. The molecule has 0 bridgehead atoms. The number of carbonyl (C=O) groups excluding carboxylic acids is 2. The highest BCUT2D eigenvalue weighted by Crippen LogP contribution is 2.42. The fraction of sp³-hybridized carbons (Fsp3) is 0.959. The van der Waals surface area contributed by atoms with Crippen LogP contribution in [0.2, 0.25) is 0 Å². The summed E-state index contributed by atoms with van der Waals surface area (Å²) in [5, 5.41) is 9.15. The quantitative estimate of drug-likeness (QED) is 0.0500. The van der Waals surface area contributed by atoms with Gasteiger partial charge in [-0.1, -0.05) is 156 Å². The van der Waals surface area contributed by atoms with Gasteiger partial charge in [-0.2, -0.15) is 0 Å². The Labute approximate surface area is 347 Å². The zero-order valence-electron chi connectivity index (χ0n) is 37.8. The first-order valence-corrected chi connectivity index (χ1v) is 24.8. The summed E-state index contributed by atoms with van der Waals surface area (Å²) in [5.41, 5.74) is 0.400. The maximum atomic E-state index is 13.8. The molecule has 0 radical (unpaired) electrons. The summed E-state index contributed by atoms with van der Waals surface area (Å²) in [6.07, 6.45) is 36.0. The molecule has 0 amide bonds. The molecule has 2 aliphatic heterocycles. The molecule has 2 fully saturated rings. The van der Waals surface area contributed by atoms with Gasteiger partial charge in [0.15, 0.2) is 0 Å². The van der Waals surface area contributed by atoms with Gasteiger partial charge >= 0.3 is 11.9 Å². The van der Waals surface area contributed by atoms with Crippen LogP contribution in [0, 0.1) is 17.3 Å². The number of hydrogen-bond acceptors (Lipinski definition) is 7. The smallest absolute Gasteiger partial charge is 0.308 e. The maximum Gasteiger partial charge on any atom is 0.308 e. The zero-order valence-corrected chi connectivity index (χ0v) is 37.8. The van der Waals surface area contributed by atoms with Crippen molar-refractivity contribution in [3.05, 3.63) is 0 Å². The number of aliphatic hydroxyl groups is 1. The van der Waals surface area contributed by atoms with E-state index in [1.807, 2.05) is 0 Å². The lowest BCUT2D eigenvalue weighted by atomic mass is 9.71. The van der Waals surface area contributed by atoms with Crippen molar-refractivity contribution in [1.82, 2.24) is 9.80 Å². The Morgan fingerprint density at radius 1 is 0.500 bits per heavy atom. The molecule has 330 valence electrons. The van der Waals surface area contributed by atoms with Crippen molar-refractivity contribution < 1.29 is 24.2 Å². The molecule has 0 aliphatic carbocycles. The number of esters is 2. The van der Waals surface area contributed by atoms with Crippen molar-refractivity contribution in [2.24, 2.45) is 17.3 Å². The van der Waals surface area contributed by atoms with E-state index >= 15 is 0 Å². The summed E-state index contributed by atoms with van der Waals surface area (Å²) in [6.45, 7) is 15.4. The zero-order chi connectivity index (χ0) is 40.5. The van der Waals surface area contributed by atoms with Crippen molar-refractivity contribution in [1.29, 1.82) is 0 Å². The van der Waals surface area contributed by atoms with Crippen LogP contribution in [-0.4, -0.2) is 85.4 Å². The largest absolute Gasteiger partial charge is 0.464 e. The highest BCUT2D eigenvalue weighted by Gasteiger charge is 2.39. The maximum absolute atomic E-state index is 13.8. The fourth-order valence-electron chi connectivity index (χ4n) is 9.33. The molecule has 56 heavy (non-hydrogen) atoms. The molecule has 2 heterocycles. The summed E-state index contributed by atoms with van der Waals surface area (Å²) >= 11 is 0. The molecule has 2 saturated heterocycles. The molecule has 2 unspecified atom stereocenters. The van der Waals surface area contributed by atoms with Gasteiger partial charge in [0.2, 0.25) is 0 Å². The fourth-order valence-corrected chi connectivity index (χ4v) is 9.33. The van der Waals surface area contributed by atoms with Gasteiger partial charge in [0.05, 0.1) is 17.9 Å². The first-order valence-electron chi connectivity index (χ1n) is 24.8. The summed E-state index contributed by atoms with van der Waals surface area (Å²) in [4.78, 5) is 32.7. The van der Waals surface area contributed by atoms with Crippen LogP contribution in [0.1, 0.15) is 227 Å². The number of nitrogens with zero attached hydrogens (tertiary/aromatic N) is 2. The Balaban J connectivity index is 2.07. The number of carbonyl (C=O) groups is 2. The topological polar surface area (TPSA) is 79.3 Å². The third-order valence-corrected chi connectivity index (χ3v) is 13.6. The minimum absolute atomic E-state index is 0.0236. The second-order valence-corrected chi connectivity index (χ2v) is 18.3. The van der Waals surface area contributed by atoms with Gasteiger partial charge in [-0.3, -0.25) is 14.5 Å². The van der Waals surface area contributed by atoms with Crippen LogP contribution in [0.5, 0.6) is 0 Å². The van der Waals surface area contributed by atoms with E-state index in [2.05, 4.69) is 37.5 Å². The normalized spacial score (nSPS) is 17.9. The average Bonchev–Trinajstić information content (AvgIpc) is 3.21. The van der Waals surface area contributed by atoms with E-state index in [0.717, 1.165) is 83.8 Å². The van der Waals surface area contributed by atoms with Crippen LogP contribution >= 0.6 is 0 Å². The van der Waals surface area contributed by atoms with Gasteiger partial charge in [-0.15, -0.1) is 0 Å². The molecule has 2 aliphatic rings. The van der Waals surface area contributed by atoms with Crippen LogP contribution in [-0.2, 0) is 19.1 Å².